The number of nitrogens with zero attached hydrogens (tertiary/aromatic N) is 1. The number of halogens is 2. The molecular weight excluding hydrogens is 246 g/mol. The van der Waals surface area contributed by atoms with E-state index in [0.717, 1.165) is 17.2 Å². The van der Waals surface area contributed by atoms with Crippen LogP contribution in [-0.4, -0.2) is 12.0 Å². The summed E-state index contributed by atoms with van der Waals surface area (Å²) in [6.45, 7) is 2.04. The molecule has 0 fully saturated rings. The van der Waals surface area contributed by atoms with Crippen LogP contribution in [0, 0.1) is 11.6 Å². The largest absolute Gasteiger partial charge is 0.312 e. The summed E-state index contributed by atoms with van der Waals surface area (Å²) in [6.07, 6.45) is 3.45. The lowest BCUT2D eigenvalue weighted by molar-refractivity contribution is 0.484. The molecule has 100 valence electrons. The van der Waals surface area contributed by atoms with E-state index >= 15 is 0 Å². The molecular formula is C15H16F2N2. The fraction of sp³-hybridized carbons (Fsp3) is 0.267. The summed E-state index contributed by atoms with van der Waals surface area (Å²) in [7, 11) is 1.81. The molecule has 1 heterocycles. The Hall–Kier alpha value is -1.81. The minimum absolute atomic E-state index is 0.0856. The van der Waals surface area contributed by atoms with Crippen molar-refractivity contribution in [3.05, 3.63) is 65.5 Å². The van der Waals surface area contributed by atoms with Crippen LogP contribution in [0.25, 0.3) is 0 Å². The second-order valence-electron chi connectivity index (χ2n) is 4.51. The van der Waals surface area contributed by atoms with Crippen LogP contribution < -0.4 is 5.32 Å². The fourth-order valence-electron chi connectivity index (χ4n) is 2.27. The number of likely N-dealkylation sites (N-methyl/N-ethyl adjacent to an activating group) is 1. The average molecular weight is 262 g/mol. The van der Waals surface area contributed by atoms with E-state index in [4.69, 9.17) is 0 Å². The highest BCUT2D eigenvalue weighted by atomic mass is 19.2. The molecule has 0 spiro atoms. The molecule has 0 saturated heterocycles. The van der Waals surface area contributed by atoms with Gasteiger partial charge in [0.15, 0.2) is 11.6 Å². The topological polar surface area (TPSA) is 24.9 Å². The molecule has 0 aliphatic rings. The van der Waals surface area contributed by atoms with Crippen LogP contribution in [0.15, 0.2) is 42.7 Å². The quantitative estimate of drug-likeness (QED) is 0.913. The molecule has 2 unspecified atom stereocenters. The molecule has 0 saturated carbocycles. The monoisotopic (exact) mass is 262 g/mol. The van der Waals surface area contributed by atoms with Gasteiger partial charge >= 0.3 is 0 Å². The first-order valence-corrected chi connectivity index (χ1v) is 6.15. The minimum Gasteiger partial charge on any atom is -0.312 e. The van der Waals surface area contributed by atoms with Crippen molar-refractivity contribution < 1.29 is 8.78 Å². The van der Waals surface area contributed by atoms with Crippen molar-refractivity contribution in [2.45, 2.75) is 18.9 Å². The predicted octanol–water partition coefficient (Wildman–Crippen LogP) is 3.42. The van der Waals surface area contributed by atoms with Crippen LogP contribution in [0.1, 0.15) is 30.0 Å². The number of hydrogen-bond acceptors (Lipinski definition) is 2. The van der Waals surface area contributed by atoms with Gasteiger partial charge in [-0.15, -0.1) is 0 Å². The van der Waals surface area contributed by atoms with Crippen LogP contribution in [-0.2, 0) is 0 Å². The van der Waals surface area contributed by atoms with E-state index < -0.39 is 11.6 Å². The van der Waals surface area contributed by atoms with Gasteiger partial charge in [-0.2, -0.15) is 0 Å². The average Bonchev–Trinajstić information content (AvgIpc) is 2.44. The van der Waals surface area contributed by atoms with Gasteiger partial charge in [-0.05, 0) is 42.4 Å². The smallest absolute Gasteiger partial charge is 0.159 e. The lowest BCUT2D eigenvalue weighted by Gasteiger charge is -2.24. The van der Waals surface area contributed by atoms with E-state index in [1.54, 1.807) is 18.5 Å². The normalized spacial score (nSPS) is 14.1. The van der Waals surface area contributed by atoms with Crippen molar-refractivity contribution in [2.24, 2.45) is 0 Å². The summed E-state index contributed by atoms with van der Waals surface area (Å²) < 4.78 is 26.3. The van der Waals surface area contributed by atoms with E-state index in [9.17, 15) is 8.78 Å². The second-order valence-corrected chi connectivity index (χ2v) is 4.51. The Balaban J connectivity index is 2.31. The number of rotatable bonds is 4. The zero-order chi connectivity index (χ0) is 13.8. The zero-order valence-electron chi connectivity index (χ0n) is 10.9. The number of benzene rings is 1. The summed E-state index contributed by atoms with van der Waals surface area (Å²) in [6, 6.07) is 7.78. The summed E-state index contributed by atoms with van der Waals surface area (Å²) in [5, 5.41) is 3.15. The summed E-state index contributed by atoms with van der Waals surface area (Å²) >= 11 is 0. The highest BCUT2D eigenvalue weighted by Gasteiger charge is 2.20. The summed E-state index contributed by atoms with van der Waals surface area (Å²) in [4.78, 5) is 3.98. The Bertz CT molecular complexity index is 543. The molecule has 1 aromatic carbocycles. The molecule has 1 N–H and O–H groups in total. The van der Waals surface area contributed by atoms with Gasteiger partial charge in [0.25, 0.3) is 0 Å². The SMILES string of the molecule is CNC(c1ccc(F)c(F)c1)C(C)c1ccncc1. The van der Waals surface area contributed by atoms with Crippen molar-refractivity contribution >= 4 is 0 Å². The number of nitrogens with one attached hydrogen (secondary N) is 1. The third-order valence-corrected chi connectivity index (χ3v) is 3.35. The van der Waals surface area contributed by atoms with Crippen LogP contribution in [0.2, 0.25) is 0 Å². The van der Waals surface area contributed by atoms with Gasteiger partial charge in [0, 0.05) is 24.4 Å². The van der Waals surface area contributed by atoms with E-state index in [1.807, 2.05) is 26.1 Å². The molecule has 2 atom stereocenters. The third-order valence-electron chi connectivity index (χ3n) is 3.35. The van der Waals surface area contributed by atoms with Gasteiger partial charge in [0.2, 0.25) is 0 Å². The van der Waals surface area contributed by atoms with Crippen LogP contribution in [0.5, 0.6) is 0 Å². The molecule has 0 amide bonds. The van der Waals surface area contributed by atoms with Gasteiger partial charge in [-0.25, -0.2) is 8.78 Å². The Labute approximate surface area is 111 Å². The zero-order valence-corrected chi connectivity index (χ0v) is 10.9. The molecule has 2 nitrogen and oxygen atoms in total. The lowest BCUT2D eigenvalue weighted by atomic mass is 9.89. The van der Waals surface area contributed by atoms with E-state index in [0.29, 0.717) is 0 Å². The number of pyridine rings is 1. The molecule has 0 aliphatic carbocycles. The van der Waals surface area contributed by atoms with Crippen molar-refractivity contribution in [3.63, 3.8) is 0 Å². The third kappa shape index (κ3) is 2.96. The highest BCUT2D eigenvalue weighted by Crippen LogP contribution is 2.30. The fourth-order valence-corrected chi connectivity index (χ4v) is 2.27. The Morgan fingerprint density at radius 3 is 2.26 bits per heavy atom. The van der Waals surface area contributed by atoms with Gasteiger partial charge in [0.1, 0.15) is 0 Å². The maximum Gasteiger partial charge on any atom is 0.159 e. The molecule has 2 rings (SSSR count). The molecule has 0 aliphatic heterocycles. The first-order chi connectivity index (χ1) is 9.13. The van der Waals surface area contributed by atoms with Crippen molar-refractivity contribution in [1.29, 1.82) is 0 Å². The lowest BCUT2D eigenvalue weighted by Crippen LogP contribution is -2.22. The first kappa shape index (κ1) is 13.6. The standard InChI is InChI=1S/C15H16F2N2/c1-10(11-5-7-19-8-6-11)15(18-2)12-3-4-13(16)14(17)9-12/h3-10,15,18H,1-2H3. The number of aromatic nitrogens is 1. The van der Waals surface area contributed by atoms with Crippen LogP contribution in [0.3, 0.4) is 0 Å². The first-order valence-electron chi connectivity index (χ1n) is 6.15. The molecule has 0 bridgehead atoms. The van der Waals surface area contributed by atoms with Crippen molar-refractivity contribution in [3.8, 4) is 0 Å². The molecule has 0 radical (unpaired) electrons. The van der Waals surface area contributed by atoms with Crippen LogP contribution >= 0.6 is 0 Å². The Morgan fingerprint density at radius 2 is 1.68 bits per heavy atom. The molecule has 1 aromatic heterocycles. The van der Waals surface area contributed by atoms with E-state index in [-0.39, 0.29) is 12.0 Å². The molecule has 2 aromatic rings. The Kier molecular flexibility index (Phi) is 4.22. The number of hydrogen-bond donors (Lipinski definition) is 1. The molecule has 19 heavy (non-hydrogen) atoms. The Morgan fingerprint density at radius 1 is 1.00 bits per heavy atom. The van der Waals surface area contributed by atoms with E-state index in [1.165, 1.54) is 6.07 Å². The van der Waals surface area contributed by atoms with Gasteiger partial charge < -0.3 is 5.32 Å². The highest BCUT2D eigenvalue weighted by molar-refractivity contribution is 5.27. The molecule has 4 heteroatoms. The second kappa shape index (κ2) is 5.89. The van der Waals surface area contributed by atoms with Crippen molar-refractivity contribution in [1.82, 2.24) is 10.3 Å². The van der Waals surface area contributed by atoms with Crippen molar-refractivity contribution in [2.75, 3.05) is 7.05 Å². The van der Waals surface area contributed by atoms with Gasteiger partial charge in [0.05, 0.1) is 0 Å². The summed E-state index contributed by atoms with van der Waals surface area (Å²) in [5.41, 5.74) is 1.82. The van der Waals surface area contributed by atoms with Crippen LogP contribution in [0.4, 0.5) is 8.78 Å². The maximum absolute atomic E-state index is 13.3. The minimum atomic E-state index is -0.824. The van der Waals surface area contributed by atoms with Gasteiger partial charge in [-0.3, -0.25) is 4.98 Å². The van der Waals surface area contributed by atoms with E-state index in [2.05, 4.69) is 10.3 Å². The predicted molar refractivity (Wildman–Crippen MR) is 70.8 cm³/mol. The van der Waals surface area contributed by atoms with Gasteiger partial charge in [-0.1, -0.05) is 13.0 Å². The summed E-state index contributed by atoms with van der Waals surface area (Å²) in [5.74, 6) is -1.52. The maximum atomic E-state index is 13.3.